The molecule has 1 aromatic heterocycles. The summed E-state index contributed by atoms with van der Waals surface area (Å²) in [5.74, 6) is 0.568. The van der Waals surface area contributed by atoms with Crippen molar-refractivity contribution in [2.75, 3.05) is 13.1 Å². The van der Waals surface area contributed by atoms with Crippen LogP contribution in [0, 0.1) is 12.8 Å². The van der Waals surface area contributed by atoms with Crippen molar-refractivity contribution in [3.05, 3.63) is 52.0 Å². The quantitative estimate of drug-likeness (QED) is 0.941. The number of rotatable bonds is 4. The zero-order valence-electron chi connectivity index (χ0n) is 12.8. The van der Waals surface area contributed by atoms with Crippen molar-refractivity contribution < 1.29 is 4.79 Å². The van der Waals surface area contributed by atoms with Crippen molar-refractivity contribution in [1.82, 2.24) is 15.2 Å². The molecule has 1 aromatic carbocycles. The molecule has 1 aliphatic rings. The fourth-order valence-corrected chi connectivity index (χ4v) is 3.63. The maximum Gasteiger partial charge on any atom is 0.317 e. The van der Waals surface area contributed by atoms with Crippen LogP contribution in [0.1, 0.15) is 21.9 Å². The molecule has 1 aliphatic heterocycles. The van der Waals surface area contributed by atoms with E-state index in [-0.39, 0.29) is 6.03 Å². The molecule has 2 amide bonds. The van der Waals surface area contributed by atoms with Crippen LogP contribution < -0.4 is 5.32 Å². The Balaban J connectivity index is 1.46. The van der Waals surface area contributed by atoms with E-state index in [0.717, 1.165) is 35.8 Å². The average Bonchev–Trinajstić information content (AvgIpc) is 3.15. The number of hydrogen-bond donors (Lipinski definition) is 1. The minimum absolute atomic E-state index is 0.0432. The molecule has 0 unspecified atom stereocenters. The van der Waals surface area contributed by atoms with E-state index in [1.807, 2.05) is 24.1 Å². The average molecular weight is 315 g/mol. The van der Waals surface area contributed by atoms with Gasteiger partial charge < -0.3 is 10.2 Å². The van der Waals surface area contributed by atoms with Crippen molar-refractivity contribution in [2.45, 2.75) is 26.3 Å². The van der Waals surface area contributed by atoms with Crippen LogP contribution in [0.2, 0.25) is 0 Å². The second-order valence-corrected chi connectivity index (χ2v) is 7.11. The summed E-state index contributed by atoms with van der Waals surface area (Å²) in [7, 11) is 0. The number of aryl methyl sites for hydroxylation is 1. The van der Waals surface area contributed by atoms with Gasteiger partial charge in [-0.15, -0.1) is 11.3 Å². The Bertz CT molecular complexity index is 626. The Morgan fingerprint density at radius 3 is 2.95 bits per heavy atom. The molecule has 0 radical (unpaired) electrons. The molecule has 1 fully saturated rings. The van der Waals surface area contributed by atoms with Gasteiger partial charge in [0.1, 0.15) is 0 Å². The Kier molecular flexibility index (Phi) is 4.73. The minimum Gasteiger partial charge on any atom is -0.333 e. The number of likely N-dealkylation sites (tertiary alicyclic amines) is 1. The molecule has 1 atom stereocenters. The zero-order chi connectivity index (χ0) is 15.4. The van der Waals surface area contributed by atoms with Gasteiger partial charge in [0.05, 0.1) is 11.6 Å². The van der Waals surface area contributed by atoms with Crippen LogP contribution in [0.5, 0.6) is 0 Å². The van der Waals surface area contributed by atoms with Gasteiger partial charge in [0.15, 0.2) is 0 Å². The van der Waals surface area contributed by atoms with Gasteiger partial charge in [-0.05, 0) is 31.2 Å². The van der Waals surface area contributed by atoms with Gasteiger partial charge in [0.2, 0.25) is 0 Å². The number of thiazole rings is 1. The van der Waals surface area contributed by atoms with Crippen LogP contribution in [-0.2, 0) is 13.0 Å². The van der Waals surface area contributed by atoms with Crippen LogP contribution in [0.3, 0.4) is 0 Å². The molecule has 116 valence electrons. The van der Waals surface area contributed by atoms with Gasteiger partial charge in [0, 0.05) is 24.2 Å². The van der Waals surface area contributed by atoms with Gasteiger partial charge in [-0.3, -0.25) is 0 Å². The van der Waals surface area contributed by atoms with E-state index in [9.17, 15) is 4.79 Å². The molecule has 0 aliphatic carbocycles. The molecule has 22 heavy (non-hydrogen) atoms. The number of amides is 2. The zero-order valence-corrected chi connectivity index (χ0v) is 13.6. The second kappa shape index (κ2) is 6.92. The molecular weight excluding hydrogens is 294 g/mol. The first-order chi connectivity index (χ1) is 10.7. The Morgan fingerprint density at radius 1 is 1.41 bits per heavy atom. The number of nitrogens with zero attached hydrogens (tertiary/aromatic N) is 2. The summed E-state index contributed by atoms with van der Waals surface area (Å²) in [6, 6.07) is 10.6. The monoisotopic (exact) mass is 315 g/mol. The predicted octanol–water partition coefficient (Wildman–Crippen LogP) is 3.23. The largest absolute Gasteiger partial charge is 0.333 e. The molecule has 2 heterocycles. The lowest BCUT2D eigenvalue weighted by molar-refractivity contribution is 0.206. The normalized spacial score (nSPS) is 17.7. The van der Waals surface area contributed by atoms with E-state index in [2.05, 4.69) is 34.6 Å². The highest BCUT2D eigenvalue weighted by Crippen LogP contribution is 2.21. The van der Waals surface area contributed by atoms with E-state index in [1.165, 1.54) is 5.56 Å². The van der Waals surface area contributed by atoms with E-state index < -0.39 is 0 Å². The SMILES string of the molecule is Cc1ncc(CNC(=O)N2CC[C@H](Cc3ccccc3)C2)s1. The first kappa shape index (κ1) is 15.0. The summed E-state index contributed by atoms with van der Waals surface area (Å²) < 4.78 is 0. The van der Waals surface area contributed by atoms with Gasteiger partial charge in [-0.1, -0.05) is 30.3 Å². The highest BCUT2D eigenvalue weighted by molar-refractivity contribution is 7.11. The van der Waals surface area contributed by atoms with E-state index in [0.29, 0.717) is 12.5 Å². The Labute approximate surface area is 135 Å². The number of nitrogens with one attached hydrogen (secondary N) is 1. The Hall–Kier alpha value is -1.88. The van der Waals surface area contributed by atoms with Crippen LogP contribution in [-0.4, -0.2) is 29.0 Å². The number of urea groups is 1. The second-order valence-electron chi connectivity index (χ2n) is 5.79. The molecule has 1 N–H and O–H groups in total. The topological polar surface area (TPSA) is 45.2 Å². The van der Waals surface area contributed by atoms with Crippen LogP contribution >= 0.6 is 11.3 Å². The fraction of sp³-hybridized carbons (Fsp3) is 0.412. The third-order valence-electron chi connectivity index (χ3n) is 4.02. The van der Waals surface area contributed by atoms with Crippen molar-refractivity contribution in [3.63, 3.8) is 0 Å². The van der Waals surface area contributed by atoms with Crippen molar-refractivity contribution in [3.8, 4) is 0 Å². The molecule has 0 bridgehead atoms. The highest BCUT2D eigenvalue weighted by atomic mass is 32.1. The molecule has 5 heteroatoms. The molecule has 4 nitrogen and oxygen atoms in total. The van der Waals surface area contributed by atoms with Gasteiger partial charge in [-0.2, -0.15) is 0 Å². The summed E-state index contributed by atoms with van der Waals surface area (Å²) in [6.07, 6.45) is 3.98. The summed E-state index contributed by atoms with van der Waals surface area (Å²) in [5.41, 5.74) is 1.36. The molecule has 0 saturated carbocycles. The Morgan fingerprint density at radius 2 is 2.23 bits per heavy atom. The van der Waals surface area contributed by atoms with Crippen molar-refractivity contribution >= 4 is 17.4 Å². The van der Waals surface area contributed by atoms with Gasteiger partial charge in [0.25, 0.3) is 0 Å². The highest BCUT2D eigenvalue weighted by Gasteiger charge is 2.26. The molecule has 2 aromatic rings. The number of hydrogen-bond acceptors (Lipinski definition) is 3. The van der Waals surface area contributed by atoms with Crippen molar-refractivity contribution in [1.29, 1.82) is 0 Å². The molecular formula is C17H21N3OS. The summed E-state index contributed by atoms with van der Waals surface area (Å²) in [6.45, 7) is 4.25. The van der Waals surface area contributed by atoms with E-state index in [1.54, 1.807) is 11.3 Å². The lowest BCUT2D eigenvalue weighted by Gasteiger charge is -2.17. The third kappa shape index (κ3) is 3.85. The first-order valence-corrected chi connectivity index (χ1v) is 8.50. The van der Waals surface area contributed by atoms with Gasteiger partial charge in [-0.25, -0.2) is 9.78 Å². The maximum absolute atomic E-state index is 12.2. The third-order valence-corrected chi connectivity index (χ3v) is 4.94. The summed E-state index contributed by atoms with van der Waals surface area (Å²) >= 11 is 1.63. The fourth-order valence-electron chi connectivity index (χ4n) is 2.89. The first-order valence-electron chi connectivity index (χ1n) is 7.69. The molecule has 0 spiro atoms. The van der Waals surface area contributed by atoms with Crippen LogP contribution in [0.25, 0.3) is 0 Å². The number of carbonyl (C=O) groups excluding carboxylic acids is 1. The lowest BCUT2D eigenvalue weighted by Crippen LogP contribution is -2.38. The molecule has 3 rings (SSSR count). The van der Waals surface area contributed by atoms with Gasteiger partial charge >= 0.3 is 6.03 Å². The number of aromatic nitrogens is 1. The summed E-state index contributed by atoms with van der Waals surface area (Å²) in [4.78, 5) is 19.5. The standard InChI is InChI=1S/C17H21N3OS/c1-13-18-10-16(22-13)11-19-17(21)20-8-7-15(12-20)9-14-5-3-2-4-6-14/h2-6,10,15H,7-9,11-12H2,1H3,(H,19,21)/t15-/m1/s1. The number of benzene rings is 1. The van der Waals surface area contributed by atoms with E-state index in [4.69, 9.17) is 0 Å². The van der Waals surface area contributed by atoms with Crippen LogP contribution in [0.15, 0.2) is 36.5 Å². The number of carbonyl (C=O) groups is 1. The lowest BCUT2D eigenvalue weighted by atomic mass is 9.99. The van der Waals surface area contributed by atoms with Crippen LogP contribution in [0.4, 0.5) is 4.79 Å². The van der Waals surface area contributed by atoms with E-state index >= 15 is 0 Å². The molecule has 1 saturated heterocycles. The minimum atomic E-state index is 0.0432. The predicted molar refractivity (Wildman–Crippen MR) is 88.9 cm³/mol. The summed E-state index contributed by atoms with van der Waals surface area (Å²) in [5, 5.41) is 4.03. The maximum atomic E-state index is 12.2. The van der Waals surface area contributed by atoms with Crippen molar-refractivity contribution in [2.24, 2.45) is 5.92 Å². The smallest absolute Gasteiger partial charge is 0.317 e.